The van der Waals surface area contributed by atoms with E-state index in [-0.39, 0.29) is 6.10 Å². The van der Waals surface area contributed by atoms with Crippen molar-refractivity contribution in [2.45, 2.75) is 38.7 Å². The average Bonchev–Trinajstić information content (AvgIpc) is 2.28. The number of hydrogen-bond donors (Lipinski definition) is 1. The van der Waals surface area contributed by atoms with Gasteiger partial charge in [0.05, 0.1) is 12.7 Å². The standard InChI is InChI=1S/C13H18O2/c1-3-9(2)10-4-5-13-11(8-10)12(14)6-7-15-13/h4-5,8-9,12,14H,3,6-7H2,1-2H3/t9?,12-/m0/s1. The van der Waals surface area contributed by atoms with Gasteiger partial charge in [-0.3, -0.25) is 0 Å². The van der Waals surface area contributed by atoms with Crippen molar-refractivity contribution in [2.75, 3.05) is 6.61 Å². The molecule has 0 fully saturated rings. The quantitative estimate of drug-likeness (QED) is 0.806. The molecular formula is C13H18O2. The fourth-order valence-corrected chi connectivity index (χ4v) is 1.94. The van der Waals surface area contributed by atoms with Crippen molar-refractivity contribution >= 4 is 0 Å². The predicted molar refractivity (Wildman–Crippen MR) is 60.2 cm³/mol. The van der Waals surface area contributed by atoms with Gasteiger partial charge in [-0.15, -0.1) is 0 Å². The van der Waals surface area contributed by atoms with Crippen molar-refractivity contribution in [2.24, 2.45) is 0 Å². The molecule has 2 nitrogen and oxygen atoms in total. The fourth-order valence-electron chi connectivity index (χ4n) is 1.94. The van der Waals surface area contributed by atoms with Gasteiger partial charge in [0.25, 0.3) is 0 Å². The topological polar surface area (TPSA) is 29.5 Å². The molecule has 1 aromatic carbocycles. The first kappa shape index (κ1) is 10.5. The lowest BCUT2D eigenvalue weighted by Gasteiger charge is -2.23. The van der Waals surface area contributed by atoms with Gasteiger partial charge >= 0.3 is 0 Å². The van der Waals surface area contributed by atoms with Crippen LogP contribution in [-0.4, -0.2) is 11.7 Å². The summed E-state index contributed by atoms with van der Waals surface area (Å²) in [6.45, 7) is 5.01. The molecule has 1 N–H and O–H groups in total. The summed E-state index contributed by atoms with van der Waals surface area (Å²) in [7, 11) is 0. The Morgan fingerprint density at radius 1 is 1.53 bits per heavy atom. The van der Waals surface area contributed by atoms with Crippen LogP contribution in [0.25, 0.3) is 0 Å². The van der Waals surface area contributed by atoms with Crippen LogP contribution in [0.4, 0.5) is 0 Å². The highest BCUT2D eigenvalue weighted by Crippen LogP contribution is 2.34. The first-order valence-corrected chi connectivity index (χ1v) is 5.67. The van der Waals surface area contributed by atoms with Crippen LogP contribution in [0.1, 0.15) is 49.8 Å². The molecule has 0 amide bonds. The summed E-state index contributed by atoms with van der Waals surface area (Å²) in [6, 6.07) is 6.18. The summed E-state index contributed by atoms with van der Waals surface area (Å²) in [4.78, 5) is 0. The van der Waals surface area contributed by atoms with E-state index in [2.05, 4.69) is 26.0 Å². The van der Waals surface area contributed by atoms with Crippen molar-refractivity contribution < 1.29 is 9.84 Å². The van der Waals surface area contributed by atoms with Crippen LogP contribution in [0.5, 0.6) is 5.75 Å². The Kier molecular flexibility index (Phi) is 2.96. The molecule has 2 rings (SSSR count). The Balaban J connectivity index is 2.35. The number of aliphatic hydroxyl groups is 1. The molecule has 15 heavy (non-hydrogen) atoms. The zero-order valence-electron chi connectivity index (χ0n) is 9.36. The van der Waals surface area contributed by atoms with Crippen LogP contribution >= 0.6 is 0 Å². The maximum atomic E-state index is 9.86. The fraction of sp³-hybridized carbons (Fsp3) is 0.538. The molecule has 82 valence electrons. The second-order valence-corrected chi connectivity index (χ2v) is 4.26. The van der Waals surface area contributed by atoms with Crippen LogP contribution < -0.4 is 4.74 Å². The Labute approximate surface area is 90.9 Å². The largest absolute Gasteiger partial charge is 0.493 e. The number of aliphatic hydroxyl groups excluding tert-OH is 1. The Morgan fingerprint density at radius 3 is 3.07 bits per heavy atom. The minimum Gasteiger partial charge on any atom is -0.493 e. The van der Waals surface area contributed by atoms with E-state index in [9.17, 15) is 5.11 Å². The smallest absolute Gasteiger partial charge is 0.125 e. The Bertz CT molecular complexity index is 346. The SMILES string of the molecule is CCC(C)c1ccc2c(c1)[C@@H](O)CCO2. The summed E-state index contributed by atoms with van der Waals surface area (Å²) in [5, 5.41) is 9.86. The maximum absolute atomic E-state index is 9.86. The summed E-state index contributed by atoms with van der Waals surface area (Å²) in [6.07, 6.45) is 1.48. The Morgan fingerprint density at radius 2 is 2.33 bits per heavy atom. The third-order valence-corrected chi connectivity index (χ3v) is 3.22. The maximum Gasteiger partial charge on any atom is 0.125 e. The summed E-state index contributed by atoms with van der Waals surface area (Å²) < 4.78 is 5.50. The minimum atomic E-state index is -0.349. The van der Waals surface area contributed by atoms with Gasteiger partial charge in [-0.25, -0.2) is 0 Å². The van der Waals surface area contributed by atoms with E-state index in [0.717, 1.165) is 17.7 Å². The molecule has 1 unspecified atom stereocenters. The van der Waals surface area contributed by atoms with E-state index in [1.165, 1.54) is 5.56 Å². The zero-order chi connectivity index (χ0) is 10.8. The molecule has 1 aromatic rings. The third kappa shape index (κ3) is 2.00. The number of fused-ring (bicyclic) bond motifs is 1. The number of ether oxygens (including phenoxy) is 1. The highest BCUT2D eigenvalue weighted by atomic mass is 16.5. The lowest BCUT2D eigenvalue weighted by molar-refractivity contribution is 0.115. The molecule has 0 saturated heterocycles. The van der Waals surface area contributed by atoms with Crippen LogP contribution in [-0.2, 0) is 0 Å². The van der Waals surface area contributed by atoms with Crippen molar-refractivity contribution in [3.8, 4) is 5.75 Å². The second kappa shape index (κ2) is 4.23. The molecular weight excluding hydrogens is 188 g/mol. The lowest BCUT2D eigenvalue weighted by Crippen LogP contribution is -2.14. The van der Waals surface area contributed by atoms with Crippen molar-refractivity contribution in [1.29, 1.82) is 0 Å². The molecule has 0 saturated carbocycles. The molecule has 0 spiro atoms. The van der Waals surface area contributed by atoms with Gasteiger partial charge in [-0.05, 0) is 30.0 Å². The van der Waals surface area contributed by atoms with Crippen molar-refractivity contribution in [3.05, 3.63) is 29.3 Å². The number of rotatable bonds is 2. The average molecular weight is 206 g/mol. The molecule has 2 atom stereocenters. The van der Waals surface area contributed by atoms with Gasteiger partial charge in [-0.2, -0.15) is 0 Å². The molecule has 0 radical (unpaired) electrons. The van der Waals surface area contributed by atoms with Crippen molar-refractivity contribution in [1.82, 2.24) is 0 Å². The van der Waals surface area contributed by atoms with Gasteiger partial charge in [0.1, 0.15) is 5.75 Å². The minimum absolute atomic E-state index is 0.349. The molecule has 0 bridgehead atoms. The normalized spacial score (nSPS) is 21.7. The lowest BCUT2D eigenvalue weighted by atomic mass is 9.93. The summed E-state index contributed by atoms with van der Waals surface area (Å²) in [5.74, 6) is 1.39. The predicted octanol–water partition coefficient (Wildman–Crippen LogP) is 3.02. The Hall–Kier alpha value is -1.02. The van der Waals surface area contributed by atoms with Crippen LogP contribution in [0, 0.1) is 0 Å². The summed E-state index contributed by atoms with van der Waals surface area (Å²) >= 11 is 0. The molecule has 2 heteroatoms. The number of benzene rings is 1. The van der Waals surface area contributed by atoms with Crippen LogP contribution in [0.15, 0.2) is 18.2 Å². The van der Waals surface area contributed by atoms with E-state index in [0.29, 0.717) is 18.9 Å². The van der Waals surface area contributed by atoms with E-state index >= 15 is 0 Å². The molecule has 0 aliphatic carbocycles. The molecule has 0 aromatic heterocycles. The molecule has 1 aliphatic rings. The first-order chi connectivity index (χ1) is 7.22. The van der Waals surface area contributed by atoms with Crippen LogP contribution in [0.2, 0.25) is 0 Å². The highest BCUT2D eigenvalue weighted by molar-refractivity contribution is 5.41. The van der Waals surface area contributed by atoms with Crippen molar-refractivity contribution in [3.63, 3.8) is 0 Å². The van der Waals surface area contributed by atoms with Gasteiger partial charge in [0.2, 0.25) is 0 Å². The van der Waals surface area contributed by atoms with E-state index in [1.807, 2.05) is 6.07 Å². The van der Waals surface area contributed by atoms with Gasteiger partial charge in [0.15, 0.2) is 0 Å². The van der Waals surface area contributed by atoms with Crippen LogP contribution in [0.3, 0.4) is 0 Å². The number of hydrogen-bond acceptors (Lipinski definition) is 2. The van der Waals surface area contributed by atoms with E-state index in [1.54, 1.807) is 0 Å². The first-order valence-electron chi connectivity index (χ1n) is 5.67. The molecule has 1 aliphatic heterocycles. The van der Waals surface area contributed by atoms with Gasteiger partial charge in [-0.1, -0.05) is 19.9 Å². The summed E-state index contributed by atoms with van der Waals surface area (Å²) in [5.41, 5.74) is 2.25. The van der Waals surface area contributed by atoms with Gasteiger partial charge < -0.3 is 9.84 Å². The van der Waals surface area contributed by atoms with Gasteiger partial charge in [0, 0.05) is 12.0 Å². The van der Waals surface area contributed by atoms with E-state index in [4.69, 9.17) is 4.74 Å². The monoisotopic (exact) mass is 206 g/mol. The molecule has 1 heterocycles. The second-order valence-electron chi connectivity index (χ2n) is 4.26. The van der Waals surface area contributed by atoms with E-state index < -0.39 is 0 Å². The highest BCUT2D eigenvalue weighted by Gasteiger charge is 2.20. The zero-order valence-corrected chi connectivity index (χ0v) is 9.36. The third-order valence-electron chi connectivity index (χ3n) is 3.22.